The first-order valence-corrected chi connectivity index (χ1v) is 5.36. The Kier molecular flexibility index (Phi) is 3.39. The second-order valence-electron chi connectivity index (χ2n) is 3.06. The number of nitrogens with one attached hydrogen (secondary N) is 1. The first-order chi connectivity index (χ1) is 6.84. The van der Waals surface area contributed by atoms with Crippen LogP contribution in [0.4, 0.5) is 5.69 Å². The molecule has 1 N–H and O–H groups in total. The molecule has 1 fully saturated rings. The van der Waals surface area contributed by atoms with E-state index >= 15 is 0 Å². The van der Waals surface area contributed by atoms with Crippen LogP contribution in [0.3, 0.4) is 0 Å². The average molecular weight is 258 g/mol. The van der Waals surface area contributed by atoms with Crippen LogP contribution in [0.2, 0.25) is 0 Å². The van der Waals surface area contributed by atoms with E-state index < -0.39 is 0 Å². The molecule has 1 aliphatic rings. The van der Waals surface area contributed by atoms with Crippen molar-refractivity contribution < 1.29 is 9.47 Å². The molecule has 0 radical (unpaired) electrons. The van der Waals surface area contributed by atoms with Crippen LogP contribution in [-0.4, -0.2) is 26.0 Å². The molecule has 1 aromatic carbocycles. The number of benzene rings is 1. The van der Waals surface area contributed by atoms with Gasteiger partial charge in [-0.3, -0.25) is 0 Å². The molecule has 0 unspecified atom stereocenters. The summed E-state index contributed by atoms with van der Waals surface area (Å²) in [5.41, 5.74) is 1.08. The van der Waals surface area contributed by atoms with Gasteiger partial charge in [-0.1, -0.05) is 15.9 Å². The van der Waals surface area contributed by atoms with E-state index in [-0.39, 0.29) is 6.29 Å². The number of hydrogen-bond acceptors (Lipinski definition) is 3. The van der Waals surface area contributed by atoms with Crippen LogP contribution in [0.5, 0.6) is 0 Å². The van der Waals surface area contributed by atoms with Gasteiger partial charge in [0.05, 0.1) is 19.8 Å². The second kappa shape index (κ2) is 4.77. The van der Waals surface area contributed by atoms with Gasteiger partial charge in [0.25, 0.3) is 0 Å². The topological polar surface area (TPSA) is 30.5 Å². The van der Waals surface area contributed by atoms with Gasteiger partial charge < -0.3 is 14.8 Å². The van der Waals surface area contributed by atoms with E-state index in [0.29, 0.717) is 19.8 Å². The van der Waals surface area contributed by atoms with Gasteiger partial charge in [-0.25, -0.2) is 0 Å². The molecule has 14 heavy (non-hydrogen) atoms. The summed E-state index contributed by atoms with van der Waals surface area (Å²) < 4.78 is 11.7. The smallest absolute Gasteiger partial charge is 0.174 e. The quantitative estimate of drug-likeness (QED) is 0.901. The van der Waals surface area contributed by atoms with Crippen molar-refractivity contribution in [3.8, 4) is 0 Å². The van der Waals surface area contributed by atoms with Crippen molar-refractivity contribution in [3.05, 3.63) is 28.7 Å². The van der Waals surface area contributed by atoms with Crippen molar-refractivity contribution in [3.63, 3.8) is 0 Å². The number of anilines is 1. The number of hydrogen-bond donors (Lipinski definition) is 1. The van der Waals surface area contributed by atoms with Gasteiger partial charge in [0, 0.05) is 10.2 Å². The molecule has 2 rings (SSSR count). The highest BCUT2D eigenvalue weighted by atomic mass is 79.9. The average Bonchev–Trinajstić information content (AvgIpc) is 2.70. The molecule has 76 valence electrons. The molecule has 1 aromatic rings. The van der Waals surface area contributed by atoms with Crippen LogP contribution in [0, 0.1) is 0 Å². The molecule has 0 amide bonds. The van der Waals surface area contributed by atoms with Crippen molar-refractivity contribution in [2.24, 2.45) is 0 Å². The highest BCUT2D eigenvalue weighted by molar-refractivity contribution is 9.10. The zero-order chi connectivity index (χ0) is 9.80. The first-order valence-electron chi connectivity index (χ1n) is 4.57. The maximum atomic E-state index is 5.30. The van der Waals surface area contributed by atoms with Crippen molar-refractivity contribution in [2.45, 2.75) is 6.29 Å². The van der Waals surface area contributed by atoms with Crippen LogP contribution in [0.15, 0.2) is 28.7 Å². The van der Waals surface area contributed by atoms with E-state index in [1.807, 2.05) is 24.3 Å². The lowest BCUT2D eigenvalue weighted by Gasteiger charge is -2.11. The van der Waals surface area contributed by atoms with Gasteiger partial charge in [-0.15, -0.1) is 0 Å². The van der Waals surface area contributed by atoms with Crippen molar-refractivity contribution in [1.29, 1.82) is 0 Å². The Labute approximate surface area is 91.5 Å². The molecular formula is C10H12BrNO2. The molecule has 0 aromatic heterocycles. The Hall–Kier alpha value is -0.580. The number of halogens is 1. The van der Waals surface area contributed by atoms with Crippen LogP contribution in [0.1, 0.15) is 0 Å². The third-order valence-corrected chi connectivity index (χ3v) is 2.54. The molecule has 0 spiro atoms. The summed E-state index contributed by atoms with van der Waals surface area (Å²) in [5, 5.41) is 3.24. The predicted molar refractivity (Wildman–Crippen MR) is 58.3 cm³/mol. The normalized spacial score (nSPS) is 17.2. The Balaban J connectivity index is 1.82. The lowest BCUT2D eigenvalue weighted by atomic mass is 10.3. The summed E-state index contributed by atoms with van der Waals surface area (Å²) in [6.07, 6.45) is -0.0985. The Bertz CT molecular complexity index is 283. The van der Waals surface area contributed by atoms with E-state index in [0.717, 1.165) is 10.2 Å². The third kappa shape index (κ3) is 2.70. The summed E-state index contributed by atoms with van der Waals surface area (Å²) >= 11 is 3.39. The molecule has 3 nitrogen and oxygen atoms in total. The maximum absolute atomic E-state index is 5.30. The molecule has 1 aliphatic heterocycles. The molecule has 4 heteroatoms. The summed E-state index contributed by atoms with van der Waals surface area (Å²) in [6.45, 7) is 2.10. The van der Waals surface area contributed by atoms with Gasteiger partial charge in [-0.2, -0.15) is 0 Å². The summed E-state index contributed by atoms with van der Waals surface area (Å²) in [7, 11) is 0. The van der Waals surface area contributed by atoms with Gasteiger partial charge in [0.15, 0.2) is 6.29 Å². The highest BCUT2D eigenvalue weighted by Crippen LogP contribution is 2.14. The zero-order valence-corrected chi connectivity index (χ0v) is 9.29. The van der Waals surface area contributed by atoms with Crippen molar-refractivity contribution in [1.82, 2.24) is 0 Å². The minimum absolute atomic E-state index is 0.0985. The van der Waals surface area contributed by atoms with Gasteiger partial charge in [0.2, 0.25) is 0 Å². The van der Waals surface area contributed by atoms with E-state index in [2.05, 4.69) is 21.2 Å². The second-order valence-corrected chi connectivity index (χ2v) is 3.97. The van der Waals surface area contributed by atoms with Crippen LogP contribution < -0.4 is 5.32 Å². The summed E-state index contributed by atoms with van der Waals surface area (Å²) in [4.78, 5) is 0. The van der Waals surface area contributed by atoms with Gasteiger partial charge >= 0.3 is 0 Å². The molecule has 0 atom stereocenters. The van der Waals surface area contributed by atoms with Crippen LogP contribution >= 0.6 is 15.9 Å². The molecule has 0 saturated carbocycles. The molecule has 0 bridgehead atoms. The maximum Gasteiger partial charge on any atom is 0.174 e. The Morgan fingerprint density at radius 3 is 2.50 bits per heavy atom. The number of ether oxygens (including phenoxy) is 2. The molecule has 1 heterocycles. The minimum atomic E-state index is -0.0985. The Morgan fingerprint density at radius 1 is 1.21 bits per heavy atom. The summed E-state index contributed by atoms with van der Waals surface area (Å²) in [6, 6.07) is 8.02. The Morgan fingerprint density at radius 2 is 1.86 bits per heavy atom. The lowest BCUT2D eigenvalue weighted by molar-refractivity contribution is -0.0299. The first kappa shape index (κ1) is 9.96. The van der Waals surface area contributed by atoms with Crippen LogP contribution in [0.25, 0.3) is 0 Å². The van der Waals surface area contributed by atoms with E-state index in [1.165, 1.54) is 0 Å². The standard InChI is InChI=1S/C10H12BrNO2/c11-8-1-3-9(4-2-8)12-7-10-13-5-6-14-10/h1-4,10,12H,5-7H2. The monoisotopic (exact) mass is 257 g/mol. The van der Waals surface area contributed by atoms with Crippen molar-refractivity contribution in [2.75, 3.05) is 25.1 Å². The fourth-order valence-corrected chi connectivity index (χ4v) is 1.56. The zero-order valence-electron chi connectivity index (χ0n) is 7.70. The van der Waals surface area contributed by atoms with E-state index in [1.54, 1.807) is 0 Å². The largest absolute Gasteiger partial charge is 0.380 e. The predicted octanol–water partition coefficient (Wildman–Crippen LogP) is 2.23. The fourth-order valence-electron chi connectivity index (χ4n) is 1.29. The minimum Gasteiger partial charge on any atom is -0.380 e. The van der Waals surface area contributed by atoms with Crippen LogP contribution in [-0.2, 0) is 9.47 Å². The highest BCUT2D eigenvalue weighted by Gasteiger charge is 2.14. The van der Waals surface area contributed by atoms with Crippen molar-refractivity contribution >= 4 is 21.6 Å². The fraction of sp³-hybridized carbons (Fsp3) is 0.400. The number of rotatable bonds is 3. The molecule has 1 saturated heterocycles. The molecule has 0 aliphatic carbocycles. The summed E-state index contributed by atoms with van der Waals surface area (Å²) in [5.74, 6) is 0. The van der Waals surface area contributed by atoms with Gasteiger partial charge in [-0.05, 0) is 24.3 Å². The van der Waals surface area contributed by atoms with E-state index in [4.69, 9.17) is 9.47 Å². The lowest BCUT2D eigenvalue weighted by Crippen LogP contribution is -2.20. The SMILES string of the molecule is Brc1ccc(NCC2OCCO2)cc1. The van der Waals surface area contributed by atoms with E-state index in [9.17, 15) is 0 Å². The van der Waals surface area contributed by atoms with Gasteiger partial charge in [0.1, 0.15) is 0 Å². The molecular weight excluding hydrogens is 246 g/mol. The third-order valence-electron chi connectivity index (χ3n) is 2.01.